The van der Waals surface area contributed by atoms with Crippen LogP contribution in [0.1, 0.15) is 40.6 Å². The number of nitro groups is 1. The van der Waals surface area contributed by atoms with Crippen molar-refractivity contribution in [3.05, 3.63) is 104 Å². The molecule has 7 nitrogen and oxygen atoms in total. The molecule has 0 amide bonds. The van der Waals surface area contributed by atoms with Gasteiger partial charge in [-0.05, 0) is 67.6 Å². The zero-order valence-electron chi connectivity index (χ0n) is 19.2. The molecular formula is C26H24ClN3O4S. The first-order valence-corrected chi connectivity index (χ1v) is 13.1. The lowest BCUT2D eigenvalue weighted by molar-refractivity contribution is -0.384. The smallest absolute Gasteiger partial charge is 0.269 e. The lowest BCUT2D eigenvalue weighted by Gasteiger charge is -2.38. The first-order chi connectivity index (χ1) is 16.6. The highest BCUT2D eigenvalue weighted by Crippen LogP contribution is 2.51. The van der Waals surface area contributed by atoms with E-state index in [0.29, 0.717) is 16.3 Å². The Bertz CT molecular complexity index is 1490. The zero-order valence-corrected chi connectivity index (χ0v) is 20.7. The van der Waals surface area contributed by atoms with Crippen LogP contribution in [-0.2, 0) is 10.0 Å². The predicted octanol–water partition coefficient (Wildman–Crippen LogP) is 6.49. The summed E-state index contributed by atoms with van der Waals surface area (Å²) < 4.78 is 29.1. The van der Waals surface area contributed by atoms with Gasteiger partial charge >= 0.3 is 0 Å². The van der Waals surface area contributed by atoms with Gasteiger partial charge in [-0.2, -0.15) is 0 Å². The third kappa shape index (κ3) is 4.28. The fourth-order valence-electron chi connectivity index (χ4n) is 5.06. The van der Waals surface area contributed by atoms with Crippen LogP contribution in [-0.4, -0.2) is 13.3 Å². The fraction of sp³-hybridized carbons (Fsp3) is 0.231. The van der Waals surface area contributed by atoms with Gasteiger partial charge in [0.15, 0.2) is 0 Å². The monoisotopic (exact) mass is 509 g/mol. The molecule has 1 heterocycles. The second-order valence-electron chi connectivity index (χ2n) is 9.11. The molecule has 9 heteroatoms. The van der Waals surface area contributed by atoms with E-state index in [9.17, 15) is 18.5 Å². The van der Waals surface area contributed by atoms with E-state index in [0.717, 1.165) is 28.8 Å². The molecule has 0 saturated heterocycles. The number of nitro benzene ring substituents is 1. The molecule has 0 spiro atoms. The summed E-state index contributed by atoms with van der Waals surface area (Å²) in [6.07, 6.45) is 4.90. The average molecular weight is 510 g/mol. The van der Waals surface area contributed by atoms with E-state index in [4.69, 9.17) is 11.6 Å². The van der Waals surface area contributed by atoms with E-state index in [-0.39, 0.29) is 28.5 Å². The van der Waals surface area contributed by atoms with Gasteiger partial charge < -0.3 is 5.32 Å². The number of nitrogens with zero attached hydrogens (tertiary/aromatic N) is 1. The van der Waals surface area contributed by atoms with Gasteiger partial charge in [0.05, 0.1) is 21.5 Å². The van der Waals surface area contributed by atoms with E-state index in [1.54, 1.807) is 30.3 Å². The van der Waals surface area contributed by atoms with E-state index in [1.165, 1.54) is 12.1 Å². The lowest BCUT2D eigenvalue weighted by atomic mass is 9.77. The molecule has 0 aromatic heterocycles. The Morgan fingerprint density at radius 1 is 1.06 bits per heavy atom. The second kappa shape index (κ2) is 8.70. The van der Waals surface area contributed by atoms with Crippen LogP contribution >= 0.6 is 11.6 Å². The van der Waals surface area contributed by atoms with Crippen LogP contribution in [0, 0.1) is 29.9 Å². The SMILES string of the molecule is Cc1ccc(NS(=O)(=O)c2ccc3c(c2)[C@H]2C=CC[C@H]2[C@@H](c2cc([N+](=O)[O-])ccc2Cl)N3)c(C)c1. The van der Waals surface area contributed by atoms with Crippen molar-refractivity contribution in [3.8, 4) is 0 Å². The number of sulfonamides is 1. The van der Waals surface area contributed by atoms with Crippen molar-refractivity contribution in [2.24, 2.45) is 5.92 Å². The number of rotatable bonds is 5. The number of benzene rings is 3. The first-order valence-electron chi connectivity index (χ1n) is 11.2. The number of anilines is 2. The van der Waals surface area contributed by atoms with Crippen LogP contribution in [0.4, 0.5) is 17.1 Å². The molecule has 3 aromatic rings. The summed E-state index contributed by atoms with van der Waals surface area (Å²) in [6, 6.07) is 14.8. The van der Waals surface area contributed by atoms with Gasteiger partial charge in [0, 0.05) is 34.3 Å². The van der Waals surface area contributed by atoms with Gasteiger partial charge in [0.25, 0.3) is 15.7 Å². The van der Waals surface area contributed by atoms with E-state index in [1.807, 2.05) is 26.0 Å². The number of halogens is 1. The topological polar surface area (TPSA) is 101 Å². The third-order valence-electron chi connectivity index (χ3n) is 6.80. The molecule has 1 aliphatic carbocycles. The molecular weight excluding hydrogens is 486 g/mol. The second-order valence-corrected chi connectivity index (χ2v) is 11.2. The number of fused-ring (bicyclic) bond motifs is 3. The highest BCUT2D eigenvalue weighted by Gasteiger charge is 2.39. The average Bonchev–Trinajstić information content (AvgIpc) is 3.31. The number of allylic oxidation sites excluding steroid dienone is 2. The summed E-state index contributed by atoms with van der Waals surface area (Å²) >= 11 is 6.47. The molecule has 0 fully saturated rings. The number of hydrogen-bond donors (Lipinski definition) is 2. The van der Waals surface area contributed by atoms with Crippen LogP contribution in [0.15, 0.2) is 71.6 Å². The highest BCUT2D eigenvalue weighted by molar-refractivity contribution is 7.92. The molecule has 2 aliphatic rings. The molecule has 2 N–H and O–H groups in total. The minimum Gasteiger partial charge on any atom is -0.378 e. The van der Waals surface area contributed by atoms with Crippen molar-refractivity contribution in [3.63, 3.8) is 0 Å². The molecule has 0 bridgehead atoms. The Morgan fingerprint density at radius 2 is 1.86 bits per heavy atom. The third-order valence-corrected chi connectivity index (χ3v) is 8.50. The quantitative estimate of drug-likeness (QED) is 0.232. The summed E-state index contributed by atoms with van der Waals surface area (Å²) in [7, 11) is -3.80. The van der Waals surface area contributed by atoms with E-state index < -0.39 is 14.9 Å². The zero-order chi connectivity index (χ0) is 24.9. The van der Waals surface area contributed by atoms with E-state index in [2.05, 4.69) is 22.2 Å². The summed E-state index contributed by atoms with van der Waals surface area (Å²) in [6.45, 7) is 3.83. The van der Waals surface area contributed by atoms with E-state index >= 15 is 0 Å². The normalized spacial score (nSPS) is 20.6. The number of nitrogens with one attached hydrogen (secondary N) is 2. The van der Waals surface area contributed by atoms with Crippen LogP contribution in [0.5, 0.6) is 0 Å². The van der Waals surface area contributed by atoms with Crippen molar-refractivity contribution in [1.29, 1.82) is 0 Å². The molecule has 3 aromatic carbocycles. The Balaban J connectivity index is 1.51. The maximum Gasteiger partial charge on any atom is 0.269 e. The molecule has 3 atom stereocenters. The number of hydrogen-bond acceptors (Lipinski definition) is 5. The largest absolute Gasteiger partial charge is 0.378 e. The Hall–Kier alpha value is -3.36. The Morgan fingerprint density at radius 3 is 2.60 bits per heavy atom. The molecule has 5 rings (SSSR count). The van der Waals surface area contributed by atoms with Crippen LogP contribution in [0.2, 0.25) is 5.02 Å². The lowest BCUT2D eigenvalue weighted by Crippen LogP contribution is -2.29. The maximum absolute atomic E-state index is 13.2. The predicted molar refractivity (Wildman–Crippen MR) is 138 cm³/mol. The molecule has 35 heavy (non-hydrogen) atoms. The van der Waals surface area contributed by atoms with Crippen LogP contribution in [0.25, 0.3) is 0 Å². The molecule has 0 unspecified atom stereocenters. The molecule has 0 saturated carbocycles. The van der Waals surface area contributed by atoms with Gasteiger partial charge in [-0.25, -0.2) is 8.42 Å². The molecule has 0 radical (unpaired) electrons. The maximum atomic E-state index is 13.2. The van der Waals surface area contributed by atoms with Gasteiger partial charge in [-0.15, -0.1) is 0 Å². The van der Waals surface area contributed by atoms with Crippen LogP contribution < -0.4 is 10.0 Å². The number of non-ortho nitro benzene ring substituents is 1. The standard InChI is InChI=1S/C26H24ClN3O4S/c1-15-6-10-24(16(2)12-15)29-35(33,34)18-8-11-25-21(14-18)19-4-3-5-20(19)26(28-25)22-13-17(30(31)32)7-9-23(22)27/h3-4,6-14,19-20,26,28-29H,5H2,1-2H3/t19-,20+,26-/m0/s1. The van der Waals surface area contributed by atoms with Crippen molar-refractivity contribution >= 4 is 38.7 Å². The summed E-state index contributed by atoms with van der Waals surface area (Å²) in [5.41, 5.74) is 4.77. The van der Waals surface area contributed by atoms with Gasteiger partial charge in [-0.1, -0.05) is 41.4 Å². The summed E-state index contributed by atoms with van der Waals surface area (Å²) in [4.78, 5) is 11.1. The fourth-order valence-corrected chi connectivity index (χ4v) is 6.46. The minimum atomic E-state index is -3.80. The summed E-state index contributed by atoms with van der Waals surface area (Å²) in [5.74, 6) is 0.00935. The van der Waals surface area contributed by atoms with Crippen molar-refractivity contribution < 1.29 is 13.3 Å². The highest BCUT2D eigenvalue weighted by atomic mass is 35.5. The van der Waals surface area contributed by atoms with Crippen molar-refractivity contribution in [2.45, 2.75) is 37.1 Å². The Kier molecular flexibility index (Phi) is 5.81. The Labute approximate surface area is 209 Å². The first kappa shape index (κ1) is 23.4. The minimum absolute atomic E-state index is 0.0154. The summed E-state index contributed by atoms with van der Waals surface area (Å²) in [5, 5.41) is 15.3. The van der Waals surface area contributed by atoms with Crippen LogP contribution in [0.3, 0.4) is 0 Å². The molecule has 1 aliphatic heterocycles. The van der Waals surface area contributed by atoms with Crippen molar-refractivity contribution in [2.75, 3.05) is 10.0 Å². The van der Waals surface area contributed by atoms with Gasteiger partial charge in [0.2, 0.25) is 0 Å². The molecule has 180 valence electrons. The number of aryl methyl sites for hydroxylation is 2. The van der Waals surface area contributed by atoms with Crippen molar-refractivity contribution in [1.82, 2.24) is 0 Å². The van der Waals surface area contributed by atoms with Gasteiger partial charge in [0.1, 0.15) is 0 Å². The van der Waals surface area contributed by atoms with Gasteiger partial charge in [-0.3, -0.25) is 14.8 Å².